The number of phenolic OH excluding ortho intramolecular Hbond substituents is 1. The van der Waals surface area contributed by atoms with Crippen molar-refractivity contribution in [2.24, 2.45) is 0 Å². The van der Waals surface area contributed by atoms with E-state index in [4.69, 9.17) is 0 Å². The van der Waals surface area contributed by atoms with Gasteiger partial charge in [0.25, 0.3) is 5.69 Å². The second-order valence-electron chi connectivity index (χ2n) is 4.21. The lowest BCUT2D eigenvalue weighted by Crippen LogP contribution is -2.37. The Kier molecular flexibility index (Phi) is 2.61. The van der Waals surface area contributed by atoms with E-state index >= 15 is 0 Å². The van der Waals surface area contributed by atoms with E-state index in [1.54, 1.807) is 6.07 Å². The molecule has 1 aromatic carbocycles. The first-order valence-corrected chi connectivity index (χ1v) is 7.80. The number of nitro groups is 1. The van der Waals surface area contributed by atoms with Crippen LogP contribution in [0.2, 0.25) is 19.6 Å². The lowest BCUT2D eigenvalue weighted by atomic mass is 10.3. The molecule has 14 heavy (non-hydrogen) atoms. The molecular weight excluding hydrogens is 198 g/mol. The maximum Gasteiger partial charge on any atom is 0.273 e. The summed E-state index contributed by atoms with van der Waals surface area (Å²) in [5.74, 6) is 0.0402. The summed E-state index contributed by atoms with van der Waals surface area (Å²) in [7, 11) is -1.61. The van der Waals surface area contributed by atoms with E-state index in [-0.39, 0.29) is 11.4 Å². The number of non-ortho nitro benzene ring substituents is 1. The van der Waals surface area contributed by atoms with Gasteiger partial charge in [0.1, 0.15) is 5.75 Å². The van der Waals surface area contributed by atoms with Crippen LogP contribution in [0.1, 0.15) is 0 Å². The first-order chi connectivity index (χ1) is 6.32. The molecule has 0 fully saturated rings. The molecule has 5 heteroatoms. The van der Waals surface area contributed by atoms with Gasteiger partial charge in [-0.05, 0) is 5.19 Å². The Morgan fingerprint density at radius 2 is 1.93 bits per heavy atom. The Morgan fingerprint density at radius 3 is 2.29 bits per heavy atom. The summed E-state index contributed by atoms with van der Waals surface area (Å²) in [6, 6.07) is 4.31. The van der Waals surface area contributed by atoms with Gasteiger partial charge < -0.3 is 5.11 Å². The molecule has 0 radical (unpaired) electrons. The van der Waals surface area contributed by atoms with E-state index < -0.39 is 13.0 Å². The molecule has 0 atom stereocenters. The van der Waals surface area contributed by atoms with Crippen LogP contribution in [0.4, 0.5) is 5.69 Å². The van der Waals surface area contributed by atoms with Crippen molar-refractivity contribution in [3.05, 3.63) is 28.3 Å². The average molecular weight is 211 g/mol. The summed E-state index contributed by atoms with van der Waals surface area (Å²) in [6.07, 6.45) is 0. The molecule has 76 valence electrons. The first-order valence-electron chi connectivity index (χ1n) is 4.30. The third kappa shape index (κ3) is 2.11. The maximum absolute atomic E-state index is 10.4. The van der Waals surface area contributed by atoms with Gasteiger partial charge in [0.05, 0.1) is 19.1 Å². The van der Waals surface area contributed by atoms with Crippen LogP contribution < -0.4 is 5.19 Å². The van der Waals surface area contributed by atoms with Crippen LogP contribution in [0.15, 0.2) is 18.2 Å². The fourth-order valence-electron chi connectivity index (χ4n) is 1.27. The Bertz CT molecular complexity index is 371. The van der Waals surface area contributed by atoms with E-state index in [1.165, 1.54) is 12.1 Å². The standard InChI is InChI=1S/C9H13NO3Si/c1-14(2,3)9-5-4-7(10(12)13)6-8(9)11/h4-6,11H,1-3H3. The van der Waals surface area contributed by atoms with Crippen LogP contribution in [-0.2, 0) is 0 Å². The number of rotatable bonds is 2. The highest BCUT2D eigenvalue weighted by atomic mass is 28.3. The molecule has 0 aliphatic heterocycles. The zero-order chi connectivity index (χ0) is 10.9. The van der Waals surface area contributed by atoms with Crippen molar-refractivity contribution in [3.8, 4) is 5.75 Å². The average Bonchev–Trinajstić information content (AvgIpc) is 2.01. The molecule has 0 aliphatic rings. The molecule has 0 saturated carbocycles. The summed E-state index contributed by atoms with van der Waals surface area (Å²) in [5, 5.41) is 20.9. The molecule has 4 nitrogen and oxygen atoms in total. The third-order valence-corrected chi connectivity index (χ3v) is 4.04. The second-order valence-corrected chi connectivity index (χ2v) is 9.25. The summed E-state index contributed by atoms with van der Waals surface area (Å²) in [6.45, 7) is 6.23. The highest BCUT2D eigenvalue weighted by molar-refractivity contribution is 6.89. The van der Waals surface area contributed by atoms with Gasteiger partial charge in [-0.3, -0.25) is 10.1 Å². The summed E-state index contributed by atoms with van der Waals surface area (Å²) < 4.78 is 0. The van der Waals surface area contributed by atoms with E-state index in [0.29, 0.717) is 0 Å². The largest absolute Gasteiger partial charge is 0.508 e. The van der Waals surface area contributed by atoms with Crippen molar-refractivity contribution in [2.45, 2.75) is 19.6 Å². The monoisotopic (exact) mass is 211 g/mol. The van der Waals surface area contributed by atoms with Crippen LogP contribution in [0, 0.1) is 10.1 Å². The second kappa shape index (κ2) is 3.41. The summed E-state index contributed by atoms with van der Waals surface area (Å²) >= 11 is 0. The predicted octanol–water partition coefficient (Wildman–Crippen LogP) is 1.85. The Hall–Kier alpha value is -1.36. The molecule has 0 spiro atoms. The van der Waals surface area contributed by atoms with Gasteiger partial charge in [-0.25, -0.2) is 0 Å². The van der Waals surface area contributed by atoms with Gasteiger partial charge >= 0.3 is 0 Å². The maximum atomic E-state index is 10.4. The molecule has 0 unspecified atom stereocenters. The molecule has 0 amide bonds. The molecule has 1 rings (SSSR count). The molecule has 1 N–H and O–H groups in total. The van der Waals surface area contributed by atoms with Crippen LogP contribution in [0.25, 0.3) is 0 Å². The van der Waals surface area contributed by atoms with Gasteiger partial charge in [-0.15, -0.1) is 0 Å². The van der Waals surface area contributed by atoms with Crippen LogP contribution >= 0.6 is 0 Å². The van der Waals surface area contributed by atoms with Gasteiger partial charge in [0, 0.05) is 6.07 Å². The van der Waals surface area contributed by atoms with Crippen molar-refractivity contribution in [3.63, 3.8) is 0 Å². The van der Waals surface area contributed by atoms with Gasteiger partial charge in [0.15, 0.2) is 0 Å². The first kappa shape index (κ1) is 10.7. The molecule has 1 aromatic rings. The van der Waals surface area contributed by atoms with Crippen LogP contribution in [0.3, 0.4) is 0 Å². The molecule has 0 saturated heterocycles. The van der Waals surface area contributed by atoms with Gasteiger partial charge in [-0.2, -0.15) is 0 Å². The SMILES string of the molecule is C[Si](C)(C)c1ccc([N+](=O)[O-])cc1O. The Balaban J connectivity index is 3.21. The lowest BCUT2D eigenvalue weighted by molar-refractivity contribution is -0.384. The fourth-order valence-corrected chi connectivity index (χ4v) is 2.69. The third-order valence-electron chi connectivity index (χ3n) is 2.00. The van der Waals surface area contributed by atoms with Crippen molar-refractivity contribution in [2.75, 3.05) is 0 Å². The highest BCUT2D eigenvalue weighted by Gasteiger charge is 2.21. The molecule has 0 heterocycles. The number of benzene rings is 1. The van der Waals surface area contributed by atoms with Crippen molar-refractivity contribution < 1.29 is 10.0 Å². The summed E-state index contributed by atoms with van der Waals surface area (Å²) in [5.41, 5.74) is -0.0653. The topological polar surface area (TPSA) is 63.4 Å². The predicted molar refractivity (Wildman–Crippen MR) is 57.7 cm³/mol. The van der Waals surface area contributed by atoms with E-state index in [0.717, 1.165) is 5.19 Å². The quantitative estimate of drug-likeness (QED) is 0.461. The van der Waals surface area contributed by atoms with Gasteiger partial charge in [0.2, 0.25) is 0 Å². The number of aromatic hydroxyl groups is 1. The number of nitrogens with zero attached hydrogens (tertiary/aromatic N) is 1. The Labute approximate surface area is 83.4 Å². The minimum Gasteiger partial charge on any atom is -0.508 e. The minimum atomic E-state index is -1.61. The lowest BCUT2D eigenvalue weighted by Gasteiger charge is -2.17. The molecule has 0 aliphatic carbocycles. The number of nitro benzene ring substituents is 1. The molecule has 0 bridgehead atoms. The molecule has 0 aromatic heterocycles. The number of phenols is 1. The van der Waals surface area contributed by atoms with Crippen LogP contribution in [0.5, 0.6) is 5.75 Å². The van der Waals surface area contributed by atoms with Crippen LogP contribution in [-0.4, -0.2) is 18.1 Å². The zero-order valence-corrected chi connectivity index (χ0v) is 9.44. The number of hydrogen-bond donors (Lipinski definition) is 1. The zero-order valence-electron chi connectivity index (χ0n) is 8.44. The van der Waals surface area contributed by atoms with Crippen molar-refractivity contribution >= 4 is 18.9 Å². The van der Waals surface area contributed by atoms with E-state index in [2.05, 4.69) is 19.6 Å². The van der Waals surface area contributed by atoms with Gasteiger partial charge in [-0.1, -0.05) is 25.7 Å². The van der Waals surface area contributed by atoms with E-state index in [1.807, 2.05) is 0 Å². The smallest absolute Gasteiger partial charge is 0.273 e. The van der Waals surface area contributed by atoms with Crippen molar-refractivity contribution in [1.29, 1.82) is 0 Å². The molecular formula is C9H13NO3Si. The summed E-state index contributed by atoms with van der Waals surface area (Å²) in [4.78, 5) is 9.91. The Morgan fingerprint density at radius 1 is 1.36 bits per heavy atom. The van der Waals surface area contributed by atoms with E-state index in [9.17, 15) is 15.2 Å². The number of hydrogen-bond acceptors (Lipinski definition) is 3. The normalized spacial score (nSPS) is 11.4. The minimum absolute atomic E-state index is 0.0402. The highest BCUT2D eigenvalue weighted by Crippen LogP contribution is 2.19. The fraction of sp³-hybridized carbons (Fsp3) is 0.333. The van der Waals surface area contributed by atoms with Crippen molar-refractivity contribution in [1.82, 2.24) is 0 Å².